The Bertz CT molecular complexity index is 1230. The van der Waals surface area contributed by atoms with Crippen molar-refractivity contribution in [2.75, 3.05) is 0 Å². The molecule has 0 saturated carbocycles. The smallest absolute Gasteiger partial charge is 0.404 e. The number of nitrogens with two attached hydrogens (primary N) is 2. The Balaban J connectivity index is 2.15. The number of ether oxygens (including phenoxy) is 2. The number of phenolic OH excluding ortho intramolecular Hbond substituents is 1. The molecule has 1 amide bonds. The number of carbonyl (C=O) groups excluding carboxylic acids is 2. The molecule has 41 heavy (non-hydrogen) atoms. The third kappa shape index (κ3) is 11.6. The van der Waals surface area contributed by atoms with E-state index < -0.39 is 35.7 Å². The first-order valence-corrected chi connectivity index (χ1v) is 14.4. The molecule has 0 unspecified atom stereocenters. The topological polar surface area (TPSA) is 145 Å². The molecular weight excluding hydrogens is 588 g/mol. The molecule has 0 bridgehead atoms. The number of halogens is 1. The maximum Gasteiger partial charge on any atom is 0.404 e. The Morgan fingerprint density at radius 3 is 2.63 bits per heavy atom. The summed E-state index contributed by atoms with van der Waals surface area (Å²) >= 11 is 3.33. The molecule has 0 aliphatic carbocycles. The standard InChI is InChI=1S/C32H41BrN2O6/c1-21-11-9-15-28(37)41-27(25(34)17-16-22(2)20-23(19-21)40-31(35)39)14-7-5-6-8-18-32(3,4)30(38)24-12-10-13-26(36)29(24)33/h7-10,12-18,21-23,25,27,30,36,38H,11,19-20,34H2,1-4H3,(H2,35,39)/b14-7+,15-9-,17-16+,18-8+/t21-,22+,23-,25+,27-,30+/m1/s1. The van der Waals surface area contributed by atoms with Crippen molar-refractivity contribution < 1.29 is 29.3 Å². The molecule has 6 atom stereocenters. The van der Waals surface area contributed by atoms with Gasteiger partial charge in [0.2, 0.25) is 0 Å². The van der Waals surface area contributed by atoms with E-state index >= 15 is 0 Å². The van der Waals surface area contributed by atoms with E-state index in [0.29, 0.717) is 29.3 Å². The Kier molecular flexibility index (Phi) is 13.4. The minimum atomic E-state index is -0.887. The third-order valence-electron chi connectivity index (χ3n) is 6.72. The van der Waals surface area contributed by atoms with E-state index in [2.05, 4.69) is 27.8 Å². The first-order chi connectivity index (χ1) is 19.3. The largest absolute Gasteiger partial charge is 0.507 e. The van der Waals surface area contributed by atoms with Gasteiger partial charge in [-0.05, 0) is 76.9 Å². The molecule has 0 saturated heterocycles. The molecule has 1 aromatic rings. The SMILES string of the molecule is C[C@@H]1C/C=C\C(=O)O[C@H](/C=C/C#C/C=C/C(C)(C)[C@@H](O)c2cccc(O)c2Br)[C@@H](N)/C=C/[C@H](C)C[C@H](OC(N)=O)C1. The summed E-state index contributed by atoms with van der Waals surface area (Å²) in [6, 6.07) is 4.33. The fourth-order valence-electron chi connectivity index (χ4n) is 4.37. The zero-order valence-electron chi connectivity index (χ0n) is 24.0. The van der Waals surface area contributed by atoms with Gasteiger partial charge >= 0.3 is 12.1 Å². The van der Waals surface area contributed by atoms with Crippen LogP contribution in [-0.4, -0.2) is 40.5 Å². The van der Waals surface area contributed by atoms with Gasteiger partial charge in [-0.15, -0.1) is 0 Å². The molecule has 1 aliphatic rings. The summed E-state index contributed by atoms with van der Waals surface area (Å²) in [5.41, 5.74) is 11.5. The lowest BCUT2D eigenvalue weighted by molar-refractivity contribution is -0.141. The number of benzene rings is 1. The van der Waals surface area contributed by atoms with Crippen LogP contribution in [0, 0.1) is 29.1 Å². The average Bonchev–Trinajstić information content (AvgIpc) is 2.88. The second-order valence-electron chi connectivity index (χ2n) is 11.0. The van der Waals surface area contributed by atoms with Crippen LogP contribution >= 0.6 is 15.9 Å². The van der Waals surface area contributed by atoms with Crippen LogP contribution in [0.5, 0.6) is 5.75 Å². The van der Waals surface area contributed by atoms with Crippen LogP contribution in [-0.2, 0) is 14.3 Å². The molecule has 1 aromatic carbocycles. The number of hydrogen-bond donors (Lipinski definition) is 4. The van der Waals surface area contributed by atoms with E-state index in [9.17, 15) is 19.8 Å². The quantitative estimate of drug-likeness (QED) is 0.189. The first-order valence-electron chi connectivity index (χ1n) is 13.6. The van der Waals surface area contributed by atoms with E-state index in [-0.39, 0.29) is 23.7 Å². The number of amides is 1. The molecule has 9 heteroatoms. The molecule has 6 N–H and O–H groups in total. The summed E-state index contributed by atoms with van der Waals surface area (Å²) in [6.45, 7) is 7.73. The van der Waals surface area contributed by atoms with Crippen molar-refractivity contribution in [1.29, 1.82) is 0 Å². The van der Waals surface area contributed by atoms with Crippen molar-refractivity contribution in [3.8, 4) is 17.6 Å². The van der Waals surface area contributed by atoms with E-state index in [1.165, 1.54) is 6.08 Å². The molecule has 2 rings (SSSR count). The number of aromatic hydroxyl groups is 1. The second-order valence-corrected chi connectivity index (χ2v) is 11.8. The van der Waals surface area contributed by atoms with Crippen LogP contribution in [0.1, 0.15) is 58.6 Å². The number of hydrogen-bond acceptors (Lipinski definition) is 7. The fourth-order valence-corrected chi connectivity index (χ4v) is 4.86. The van der Waals surface area contributed by atoms with E-state index in [1.807, 2.05) is 33.8 Å². The number of carbonyl (C=O) groups is 2. The summed E-state index contributed by atoms with van der Waals surface area (Å²) in [4.78, 5) is 23.8. The van der Waals surface area contributed by atoms with E-state index in [1.54, 1.807) is 54.7 Å². The average molecular weight is 630 g/mol. The number of rotatable bonds is 5. The van der Waals surface area contributed by atoms with Gasteiger partial charge in [0.05, 0.1) is 16.6 Å². The van der Waals surface area contributed by atoms with Crippen molar-refractivity contribution in [2.24, 2.45) is 28.7 Å². The summed E-state index contributed by atoms with van der Waals surface area (Å²) in [5, 5.41) is 20.8. The zero-order chi connectivity index (χ0) is 30.6. The number of allylic oxidation sites excluding steroid dienone is 4. The van der Waals surface area contributed by atoms with Crippen LogP contribution in [0.15, 0.2) is 71.3 Å². The number of esters is 1. The maximum atomic E-state index is 12.5. The van der Waals surface area contributed by atoms with Gasteiger partial charge in [-0.1, -0.05) is 76.0 Å². The third-order valence-corrected chi connectivity index (χ3v) is 7.59. The van der Waals surface area contributed by atoms with Crippen molar-refractivity contribution in [3.05, 3.63) is 76.8 Å². The van der Waals surface area contributed by atoms with Crippen molar-refractivity contribution in [3.63, 3.8) is 0 Å². The molecule has 222 valence electrons. The molecule has 0 fully saturated rings. The minimum absolute atomic E-state index is 0.0422. The fraction of sp³-hybridized carbons (Fsp3) is 0.438. The molecule has 0 radical (unpaired) electrons. The number of cyclic esters (lactones) is 1. The lowest BCUT2D eigenvalue weighted by Gasteiger charge is -2.28. The van der Waals surface area contributed by atoms with Gasteiger partial charge in [-0.3, -0.25) is 0 Å². The molecule has 0 spiro atoms. The normalized spacial score (nSPS) is 26.8. The second kappa shape index (κ2) is 16.2. The first kappa shape index (κ1) is 33.9. The highest BCUT2D eigenvalue weighted by Crippen LogP contribution is 2.40. The number of aliphatic hydroxyl groups excluding tert-OH is 1. The van der Waals surface area contributed by atoms with Crippen LogP contribution in [0.2, 0.25) is 0 Å². The van der Waals surface area contributed by atoms with Crippen LogP contribution in [0.25, 0.3) is 0 Å². The highest BCUT2D eigenvalue weighted by atomic mass is 79.9. The number of primary amides is 1. The summed E-state index contributed by atoms with van der Waals surface area (Å²) in [7, 11) is 0. The highest BCUT2D eigenvalue weighted by Gasteiger charge is 2.28. The zero-order valence-corrected chi connectivity index (χ0v) is 25.6. The Morgan fingerprint density at radius 2 is 1.93 bits per heavy atom. The van der Waals surface area contributed by atoms with Crippen molar-refractivity contribution in [2.45, 2.75) is 71.3 Å². The van der Waals surface area contributed by atoms with E-state index in [0.717, 1.165) is 0 Å². The lowest BCUT2D eigenvalue weighted by atomic mass is 9.82. The highest BCUT2D eigenvalue weighted by molar-refractivity contribution is 9.10. The number of phenols is 1. The lowest BCUT2D eigenvalue weighted by Crippen LogP contribution is -2.35. The summed E-state index contributed by atoms with van der Waals surface area (Å²) in [6.07, 6.45) is 12.4. The van der Waals surface area contributed by atoms with Gasteiger partial charge in [0.1, 0.15) is 18.0 Å². The molecule has 8 nitrogen and oxygen atoms in total. The molecular formula is C32H41BrN2O6. The molecule has 0 aromatic heterocycles. The van der Waals surface area contributed by atoms with Crippen molar-refractivity contribution >= 4 is 28.0 Å². The summed E-state index contributed by atoms with van der Waals surface area (Å²) < 4.78 is 11.4. The Morgan fingerprint density at radius 1 is 1.22 bits per heavy atom. The predicted molar refractivity (Wildman–Crippen MR) is 163 cm³/mol. The summed E-state index contributed by atoms with van der Waals surface area (Å²) in [5.74, 6) is 5.53. The minimum Gasteiger partial charge on any atom is -0.507 e. The van der Waals surface area contributed by atoms with Crippen LogP contribution in [0.4, 0.5) is 4.79 Å². The van der Waals surface area contributed by atoms with Gasteiger partial charge < -0.3 is 31.2 Å². The van der Waals surface area contributed by atoms with Crippen LogP contribution < -0.4 is 11.5 Å². The monoisotopic (exact) mass is 628 g/mol. The van der Waals surface area contributed by atoms with Crippen molar-refractivity contribution in [1.82, 2.24) is 0 Å². The van der Waals surface area contributed by atoms with Gasteiger partial charge in [0, 0.05) is 11.5 Å². The van der Waals surface area contributed by atoms with Gasteiger partial charge in [0.15, 0.2) is 0 Å². The predicted octanol–water partition coefficient (Wildman–Crippen LogP) is 5.60. The van der Waals surface area contributed by atoms with Crippen LogP contribution in [0.3, 0.4) is 0 Å². The molecule has 1 heterocycles. The van der Waals surface area contributed by atoms with Gasteiger partial charge in [-0.25, -0.2) is 9.59 Å². The Hall–Kier alpha value is -3.32. The number of aliphatic hydroxyl groups is 1. The molecule has 1 aliphatic heterocycles. The van der Waals surface area contributed by atoms with Gasteiger partial charge in [0.25, 0.3) is 0 Å². The van der Waals surface area contributed by atoms with Gasteiger partial charge in [-0.2, -0.15) is 0 Å². The Labute approximate surface area is 251 Å². The maximum absolute atomic E-state index is 12.5. The van der Waals surface area contributed by atoms with E-state index in [4.69, 9.17) is 20.9 Å².